The lowest BCUT2D eigenvalue weighted by Crippen LogP contribution is -2.26. The normalized spacial score (nSPS) is 15.2. The molecular weight excluding hydrogens is 346 g/mol. The van der Waals surface area contributed by atoms with E-state index >= 15 is 0 Å². The van der Waals surface area contributed by atoms with E-state index < -0.39 is 10.8 Å². The fourth-order valence-electron chi connectivity index (χ4n) is 0.994. The maximum atomic E-state index is 11.1. The van der Waals surface area contributed by atoms with E-state index in [2.05, 4.69) is 37.2 Å². The number of nitrogens with one attached hydrogen (secondary N) is 1. The summed E-state index contributed by atoms with van der Waals surface area (Å²) >= 11 is 6.61. The third-order valence-corrected chi connectivity index (χ3v) is 5.00. The first-order valence-electron chi connectivity index (χ1n) is 4.47. The third-order valence-electron chi connectivity index (χ3n) is 1.99. The topological polar surface area (TPSA) is 42.2 Å². The Hall–Kier alpha value is 0.350. The van der Waals surface area contributed by atoms with Crippen LogP contribution in [-0.4, -0.2) is 22.3 Å². The van der Waals surface area contributed by atoms with E-state index in [4.69, 9.17) is 4.42 Å². The first kappa shape index (κ1) is 13.4. The average Bonchev–Trinajstić information content (AvgIpc) is 2.46. The number of rotatable bonds is 5. The predicted molar refractivity (Wildman–Crippen MR) is 69.3 cm³/mol. The highest BCUT2D eigenvalue weighted by atomic mass is 79.9. The second-order valence-corrected chi connectivity index (χ2v) is 6.65. The van der Waals surface area contributed by atoms with Crippen LogP contribution < -0.4 is 5.32 Å². The molecule has 2 unspecified atom stereocenters. The molecule has 1 aromatic rings. The summed E-state index contributed by atoms with van der Waals surface area (Å²) < 4.78 is 18.1. The molecule has 15 heavy (non-hydrogen) atoms. The zero-order valence-corrected chi connectivity index (χ0v) is 12.5. The van der Waals surface area contributed by atoms with Gasteiger partial charge in [-0.3, -0.25) is 4.21 Å². The van der Waals surface area contributed by atoms with Crippen molar-refractivity contribution in [3.8, 4) is 0 Å². The van der Waals surface area contributed by atoms with Crippen LogP contribution in [0.15, 0.2) is 19.6 Å². The van der Waals surface area contributed by atoms with Gasteiger partial charge in [-0.05, 0) is 44.8 Å². The Kier molecular flexibility index (Phi) is 5.52. The van der Waals surface area contributed by atoms with E-state index in [1.165, 1.54) is 0 Å². The van der Waals surface area contributed by atoms with E-state index in [-0.39, 0.29) is 5.25 Å². The van der Waals surface area contributed by atoms with Gasteiger partial charge in [0.2, 0.25) is 0 Å². The molecule has 0 amide bonds. The van der Waals surface area contributed by atoms with Gasteiger partial charge >= 0.3 is 0 Å². The molecule has 0 aliphatic heterocycles. The summed E-state index contributed by atoms with van der Waals surface area (Å²) in [5.74, 6) is 0.850. The van der Waals surface area contributed by atoms with Crippen LogP contribution in [0.4, 0.5) is 0 Å². The van der Waals surface area contributed by atoms with Crippen molar-refractivity contribution in [2.75, 3.05) is 12.8 Å². The summed E-state index contributed by atoms with van der Waals surface area (Å²) in [5, 5.41) is 3.35. The Morgan fingerprint density at radius 1 is 1.60 bits per heavy atom. The summed E-state index contributed by atoms with van der Waals surface area (Å²) in [7, 11) is -0.779. The Balaban J connectivity index is 2.35. The number of furan rings is 1. The molecule has 3 nitrogen and oxygen atoms in total. The van der Waals surface area contributed by atoms with Crippen molar-refractivity contribution in [1.29, 1.82) is 0 Å². The summed E-state index contributed by atoms with van der Waals surface area (Å²) in [6.45, 7) is 3.32. The highest BCUT2D eigenvalue weighted by Gasteiger charge is 2.08. The lowest BCUT2D eigenvalue weighted by atomic mass is 10.4. The van der Waals surface area contributed by atoms with Crippen LogP contribution in [0.1, 0.15) is 12.7 Å². The van der Waals surface area contributed by atoms with E-state index in [1.54, 1.807) is 6.26 Å². The minimum Gasteiger partial charge on any atom is -0.452 e. The Morgan fingerprint density at radius 2 is 2.27 bits per heavy atom. The Labute approximate surface area is 109 Å². The van der Waals surface area contributed by atoms with Crippen LogP contribution in [0.5, 0.6) is 0 Å². The van der Waals surface area contributed by atoms with Gasteiger partial charge in [0, 0.05) is 28.9 Å². The molecule has 1 rings (SSSR count). The molecule has 86 valence electrons. The summed E-state index contributed by atoms with van der Waals surface area (Å²) in [6, 6.07) is 1.91. The summed E-state index contributed by atoms with van der Waals surface area (Å²) in [6.07, 6.45) is 1.71. The minimum absolute atomic E-state index is 0.159. The zero-order valence-electron chi connectivity index (χ0n) is 8.55. The zero-order chi connectivity index (χ0) is 11.4. The molecule has 0 saturated carbocycles. The van der Waals surface area contributed by atoms with Crippen molar-refractivity contribution < 1.29 is 8.63 Å². The van der Waals surface area contributed by atoms with Crippen molar-refractivity contribution in [3.05, 3.63) is 21.0 Å². The van der Waals surface area contributed by atoms with Crippen molar-refractivity contribution in [1.82, 2.24) is 5.32 Å². The molecular formula is C9H13Br2NO2S. The van der Waals surface area contributed by atoms with Crippen molar-refractivity contribution >= 4 is 42.7 Å². The van der Waals surface area contributed by atoms with E-state index in [1.807, 2.05) is 13.0 Å². The van der Waals surface area contributed by atoms with Gasteiger partial charge in [0.15, 0.2) is 4.67 Å². The molecule has 6 heteroatoms. The van der Waals surface area contributed by atoms with Crippen LogP contribution >= 0.6 is 31.9 Å². The van der Waals surface area contributed by atoms with Crippen LogP contribution in [0.2, 0.25) is 0 Å². The average molecular weight is 359 g/mol. The van der Waals surface area contributed by atoms with Crippen LogP contribution in [0.3, 0.4) is 0 Å². The van der Waals surface area contributed by atoms with Gasteiger partial charge in [-0.2, -0.15) is 0 Å². The fourth-order valence-corrected chi connectivity index (χ4v) is 2.01. The van der Waals surface area contributed by atoms with E-state index in [0.29, 0.717) is 11.2 Å². The van der Waals surface area contributed by atoms with E-state index in [0.717, 1.165) is 16.8 Å². The van der Waals surface area contributed by atoms with Crippen LogP contribution in [-0.2, 0) is 17.3 Å². The molecule has 1 aromatic heterocycles. The molecule has 2 atom stereocenters. The lowest BCUT2D eigenvalue weighted by molar-refractivity contribution is 0.465. The first-order valence-corrected chi connectivity index (χ1v) is 7.68. The van der Waals surface area contributed by atoms with Gasteiger partial charge in [0.1, 0.15) is 5.76 Å². The molecule has 0 radical (unpaired) electrons. The summed E-state index contributed by atoms with van der Waals surface area (Å²) in [5.41, 5.74) is 0. The van der Waals surface area contributed by atoms with Crippen LogP contribution in [0, 0.1) is 0 Å². The number of hydrogen-bond acceptors (Lipinski definition) is 3. The van der Waals surface area contributed by atoms with Gasteiger partial charge in [-0.25, -0.2) is 0 Å². The minimum atomic E-state index is -0.779. The van der Waals surface area contributed by atoms with Crippen LogP contribution in [0.25, 0.3) is 0 Å². The number of hydrogen-bond donors (Lipinski definition) is 1. The van der Waals surface area contributed by atoms with Gasteiger partial charge in [-0.1, -0.05) is 0 Å². The second kappa shape index (κ2) is 6.18. The third kappa shape index (κ3) is 4.38. The highest BCUT2D eigenvalue weighted by Crippen LogP contribution is 2.26. The summed E-state index contributed by atoms with van der Waals surface area (Å²) in [4.78, 5) is 0. The monoisotopic (exact) mass is 357 g/mol. The molecule has 0 fully saturated rings. The van der Waals surface area contributed by atoms with Gasteiger partial charge < -0.3 is 9.73 Å². The van der Waals surface area contributed by atoms with Gasteiger partial charge in [0.05, 0.1) is 11.0 Å². The standard InChI is InChI=1S/C9H13Br2NO2S/c1-6(15(2)13)4-12-5-7-3-8(10)9(11)14-7/h3,6,12H,4-5H2,1-2H3. The predicted octanol–water partition coefficient (Wildman–Crippen LogP) is 2.66. The molecule has 0 aliphatic rings. The molecule has 1 N–H and O–H groups in total. The van der Waals surface area contributed by atoms with Crippen molar-refractivity contribution in [3.63, 3.8) is 0 Å². The van der Waals surface area contributed by atoms with Gasteiger partial charge in [0.25, 0.3) is 0 Å². The fraction of sp³-hybridized carbons (Fsp3) is 0.556. The Bertz CT molecular complexity index is 334. The van der Waals surface area contributed by atoms with E-state index in [9.17, 15) is 4.21 Å². The number of halogens is 2. The molecule has 0 spiro atoms. The smallest absolute Gasteiger partial charge is 0.183 e. The maximum absolute atomic E-state index is 11.1. The first-order chi connectivity index (χ1) is 7.00. The molecule has 0 bridgehead atoms. The SMILES string of the molecule is CC(CNCc1cc(Br)c(Br)o1)S(C)=O. The molecule has 0 saturated heterocycles. The molecule has 0 aromatic carbocycles. The quantitative estimate of drug-likeness (QED) is 0.879. The largest absolute Gasteiger partial charge is 0.452 e. The Morgan fingerprint density at radius 3 is 2.73 bits per heavy atom. The van der Waals surface area contributed by atoms with Crippen molar-refractivity contribution in [2.45, 2.75) is 18.7 Å². The molecule has 0 aliphatic carbocycles. The maximum Gasteiger partial charge on any atom is 0.183 e. The molecule has 1 heterocycles. The highest BCUT2D eigenvalue weighted by molar-refractivity contribution is 9.13. The van der Waals surface area contributed by atoms with Crippen molar-refractivity contribution in [2.24, 2.45) is 0 Å². The van der Waals surface area contributed by atoms with Gasteiger partial charge in [-0.15, -0.1) is 0 Å². The second-order valence-electron chi connectivity index (χ2n) is 3.27. The lowest BCUT2D eigenvalue weighted by Gasteiger charge is -2.08.